The van der Waals surface area contributed by atoms with Crippen molar-refractivity contribution in [1.82, 2.24) is 5.16 Å². The number of hydrogen-bond donors (Lipinski definition) is 2. The maximum atomic E-state index is 13.7. The van der Waals surface area contributed by atoms with Crippen LogP contribution >= 0.6 is 0 Å². The SMILES string of the molecule is C/C(=C\c1cc(C)on1)[C@@H]1C/C=C(\C(F)(F)F)C/C=C/[C@H](C)[C@H](O)[C@@H](C)C(=O)C(C)(C)[C@@H](O)CC(=O)O1. The van der Waals surface area contributed by atoms with E-state index in [-0.39, 0.29) is 6.42 Å². The van der Waals surface area contributed by atoms with Gasteiger partial charge in [-0.3, -0.25) is 9.59 Å². The molecule has 7 nitrogen and oxygen atoms in total. The highest BCUT2D eigenvalue weighted by Gasteiger charge is 2.42. The highest BCUT2D eigenvalue weighted by molar-refractivity contribution is 5.88. The standard InChI is InChI=1S/C27H36F3NO6/c1-15-8-7-9-19(27(28,29)30)10-11-21(16(2)12-20-13-17(3)37-31-20)36-23(33)14-22(32)26(5,6)25(35)18(4)24(15)34/h7-8,10,12-13,15,18,21-22,24,32,34H,9,11,14H2,1-6H3/b8-7+,16-12+,19-10-/t15-,18+,21-,22-,24-/m0/s1. The van der Waals surface area contributed by atoms with Crippen LogP contribution < -0.4 is 0 Å². The van der Waals surface area contributed by atoms with Crippen molar-refractivity contribution in [3.8, 4) is 0 Å². The second kappa shape index (κ2) is 12.2. The maximum Gasteiger partial charge on any atom is 0.412 e. The van der Waals surface area contributed by atoms with Crippen molar-refractivity contribution in [2.45, 2.75) is 85.3 Å². The number of hydrogen-bond acceptors (Lipinski definition) is 7. The molecule has 2 heterocycles. The first-order chi connectivity index (χ1) is 17.0. The third-order valence-electron chi connectivity index (χ3n) is 6.82. The summed E-state index contributed by atoms with van der Waals surface area (Å²) < 4.78 is 51.7. The number of ether oxygens (including phenoxy) is 1. The molecule has 206 valence electrons. The summed E-state index contributed by atoms with van der Waals surface area (Å²) in [7, 11) is 0. The molecule has 0 fully saturated rings. The van der Waals surface area contributed by atoms with Crippen molar-refractivity contribution in [3.05, 3.63) is 46.9 Å². The average Bonchev–Trinajstić information content (AvgIpc) is 3.21. The van der Waals surface area contributed by atoms with E-state index < -0.39 is 71.9 Å². The largest absolute Gasteiger partial charge is 0.457 e. The van der Waals surface area contributed by atoms with E-state index in [1.807, 2.05) is 0 Å². The van der Waals surface area contributed by atoms with Gasteiger partial charge in [-0.15, -0.1) is 0 Å². The average molecular weight is 528 g/mol. The monoisotopic (exact) mass is 527 g/mol. The van der Waals surface area contributed by atoms with E-state index in [0.29, 0.717) is 17.0 Å². The molecule has 0 saturated heterocycles. The van der Waals surface area contributed by atoms with Gasteiger partial charge in [0.15, 0.2) is 0 Å². The van der Waals surface area contributed by atoms with Crippen molar-refractivity contribution in [2.75, 3.05) is 0 Å². The third kappa shape index (κ3) is 8.13. The maximum absolute atomic E-state index is 13.7. The molecule has 0 amide bonds. The van der Waals surface area contributed by atoms with E-state index in [1.54, 1.807) is 32.9 Å². The van der Waals surface area contributed by atoms with Gasteiger partial charge in [-0.25, -0.2) is 0 Å². The number of Topliss-reactive ketones (excluding diaryl/α,β-unsaturated/α-hetero) is 1. The third-order valence-corrected chi connectivity index (χ3v) is 6.82. The Morgan fingerprint density at radius 2 is 1.86 bits per heavy atom. The molecule has 1 aliphatic heterocycles. The first-order valence-electron chi connectivity index (χ1n) is 12.2. The summed E-state index contributed by atoms with van der Waals surface area (Å²) in [5.74, 6) is -2.38. The predicted octanol–water partition coefficient (Wildman–Crippen LogP) is 5.12. The number of aliphatic hydroxyl groups excluding tert-OH is 2. The lowest BCUT2D eigenvalue weighted by atomic mass is 9.73. The van der Waals surface area contributed by atoms with Gasteiger partial charge in [-0.2, -0.15) is 13.2 Å². The van der Waals surface area contributed by atoms with Crippen molar-refractivity contribution >= 4 is 17.8 Å². The molecule has 5 atom stereocenters. The van der Waals surface area contributed by atoms with Crippen molar-refractivity contribution in [2.24, 2.45) is 17.3 Å². The molecule has 1 aromatic rings. The smallest absolute Gasteiger partial charge is 0.412 e. The molecule has 37 heavy (non-hydrogen) atoms. The molecule has 0 radical (unpaired) electrons. The van der Waals surface area contributed by atoms with Crippen LogP contribution in [-0.2, 0) is 14.3 Å². The van der Waals surface area contributed by atoms with Gasteiger partial charge in [-0.1, -0.05) is 51.1 Å². The number of allylic oxidation sites excluding steroid dienone is 2. The fraction of sp³-hybridized carbons (Fsp3) is 0.593. The van der Waals surface area contributed by atoms with Gasteiger partial charge in [0, 0.05) is 29.9 Å². The quantitative estimate of drug-likeness (QED) is 0.406. The minimum atomic E-state index is -4.63. The number of carbonyl (C=O) groups excluding carboxylic acids is 2. The normalized spacial score (nSPS) is 31.4. The Morgan fingerprint density at radius 3 is 2.43 bits per heavy atom. The van der Waals surface area contributed by atoms with Crippen molar-refractivity contribution in [3.63, 3.8) is 0 Å². The number of aryl methyl sites for hydroxylation is 1. The van der Waals surface area contributed by atoms with Gasteiger partial charge in [0.1, 0.15) is 23.3 Å². The number of carbonyl (C=O) groups is 2. The Kier molecular flexibility index (Phi) is 10.1. The lowest BCUT2D eigenvalue weighted by molar-refractivity contribution is -0.154. The minimum Gasteiger partial charge on any atom is -0.457 e. The van der Waals surface area contributed by atoms with E-state index in [9.17, 15) is 33.0 Å². The number of aromatic nitrogens is 1. The number of halogens is 3. The van der Waals surface area contributed by atoms with Crippen LogP contribution in [0, 0.1) is 24.2 Å². The van der Waals surface area contributed by atoms with E-state index >= 15 is 0 Å². The summed E-state index contributed by atoms with van der Waals surface area (Å²) in [5.41, 5.74) is -1.39. The molecule has 0 saturated carbocycles. The summed E-state index contributed by atoms with van der Waals surface area (Å²) >= 11 is 0. The number of cyclic esters (lactones) is 1. The van der Waals surface area contributed by atoms with Gasteiger partial charge >= 0.3 is 12.1 Å². The van der Waals surface area contributed by atoms with Crippen LogP contribution in [0.5, 0.6) is 0 Å². The Labute approximate surface area is 215 Å². The highest BCUT2D eigenvalue weighted by atomic mass is 19.4. The number of aliphatic hydroxyl groups is 2. The summed E-state index contributed by atoms with van der Waals surface area (Å²) in [6.45, 7) is 9.33. The Bertz CT molecular complexity index is 1050. The summed E-state index contributed by atoms with van der Waals surface area (Å²) in [4.78, 5) is 25.9. The molecule has 0 unspecified atom stereocenters. The van der Waals surface area contributed by atoms with Crippen LogP contribution in [-0.4, -0.2) is 51.6 Å². The number of alkyl halides is 3. The van der Waals surface area contributed by atoms with E-state index in [0.717, 1.165) is 6.08 Å². The molecule has 0 bridgehead atoms. The van der Waals surface area contributed by atoms with E-state index in [2.05, 4.69) is 5.16 Å². The van der Waals surface area contributed by atoms with Gasteiger partial charge in [0.05, 0.1) is 24.0 Å². The second-order valence-electron chi connectivity index (χ2n) is 10.3. The number of rotatable bonds is 2. The van der Waals surface area contributed by atoms with E-state index in [1.165, 1.54) is 32.9 Å². The van der Waals surface area contributed by atoms with Crippen LogP contribution in [0.2, 0.25) is 0 Å². The molecular formula is C27H36F3NO6. The van der Waals surface area contributed by atoms with Crippen molar-refractivity contribution < 1.29 is 42.2 Å². The molecule has 0 aliphatic carbocycles. The zero-order chi connectivity index (χ0) is 28.1. The second-order valence-corrected chi connectivity index (χ2v) is 10.3. The Balaban J connectivity index is 2.50. The van der Waals surface area contributed by atoms with Gasteiger partial charge in [0.2, 0.25) is 0 Å². The lowest BCUT2D eigenvalue weighted by Crippen LogP contribution is -2.45. The van der Waals surface area contributed by atoms with Crippen LogP contribution in [0.4, 0.5) is 13.2 Å². The molecule has 0 aromatic carbocycles. The predicted molar refractivity (Wildman–Crippen MR) is 131 cm³/mol. The van der Waals surface area contributed by atoms with Gasteiger partial charge in [-0.05, 0) is 31.9 Å². The van der Waals surface area contributed by atoms with Gasteiger partial charge < -0.3 is 19.5 Å². The fourth-order valence-corrected chi connectivity index (χ4v) is 4.18. The molecule has 0 spiro atoms. The van der Waals surface area contributed by atoms with Crippen LogP contribution in [0.25, 0.3) is 6.08 Å². The molecule has 2 rings (SSSR count). The van der Waals surface area contributed by atoms with E-state index in [4.69, 9.17) is 9.26 Å². The number of nitrogens with zero attached hydrogens (tertiary/aromatic N) is 1. The van der Waals surface area contributed by atoms with Crippen molar-refractivity contribution in [1.29, 1.82) is 0 Å². The topological polar surface area (TPSA) is 110 Å². The molecule has 10 heteroatoms. The van der Waals surface area contributed by atoms with Crippen LogP contribution in [0.1, 0.15) is 65.3 Å². The summed E-state index contributed by atoms with van der Waals surface area (Å²) in [6.07, 6.45) is -4.36. The zero-order valence-electron chi connectivity index (χ0n) is 22.0. The van der Waals surface area contributed by atoms with Crippen LogP contribution in [0.15, 0.2) is 40.0 Å². The summed E-state index contributed by atoms with van der Waals surface area (Å²) in [5, 5.41) is 25.2. The molecular weight excluding hydrogens is 491 g/mol. The first kappa shape index (κ1) is 30.5. The number of esters is 1. The Hall–Kier alpha value is -2.72. The minimum absolute atomic E-state index is 0.277. The lowest BCUT2D eigenvalue weighted by Gasteiger charge is -2.34. The Morgan fingerprint density at radius 1 is 1.22 bits per heavy atom. The zero-order valence-corrected chi connectivity index (χ0v) is 22.0. The molecule has 2 N–H and O–H groups in total. The molecule has 1 aliphatic rings. The van der Waals surface area contributed by atoms with Gasteiger partial charge in [0.25, 0.3) is 0 Å². The highest BCUT2D eigenvalue weighted by Crippen LogP contribution is 2.33. The fourth-order valence-electron chi connectivity index (χ4n) is 4.18. The molecule has 1 aromatic heterocycles. The number of ketones is 1. The first-order valence-corrected chi connectivity index (χ1v) is 12.2. The summed E-state index contributed by atoms with van der Waals surface area (Å²) in [6, 6.07) is 1.62. The van der Waals surface area contributed by atoms with Crippen LogP contribution in [0.3, 0.4) is 0 Å².